The average molecular weight is 381 g/mol. The van der Waals surface area contributed by atoms with Gasteiger partial charge in [-0.15, -0.1) is 0 Å². The predicted molar refractivity (Wildman–Crippen MR) is 116 cm³/mol. The van der Waals surface area contributed by atoms with Crippen molar-refractivity contribution in [3.05, 3.63) is 12.2 Å². The number of hydrogen-bond donors (Lipinski definition) is 2. The van der Waals surface area contributed by atoms with Gasteiger partial charge in [0.15, 0.2) is 0 Å². The Balaban J connectivity index is 3.31. The van der Waals surface area contributed by atoms with E-state index in [2.05, 4.69) is 36.6 Å². The Bertz CT molecular complexity index is 381. The molecule has 4 nitrogen and oxygen atoms in total. The number of urea groups is 1. The number of hydrogen-bond acceptors (Lipinski definition) is 2. The van der Waals surface area contributed by atoms with E-state index in [0.29, 0.717) is 13.0 Å². The van der Waals surface area contributed by atoms with Crippen molar-refractivity contribution in [1.29, 1.82) is 0 Å². The fourth-order valence-electron chi connectivity index (χ4n) is 2.97. The lowest BCUT2D eigenvalue weighted by molar-refractivity contribution is -0.120. The summed E-state index contributed by atoms with van der Waals surface area (Å²) in [7, 11) is 0. The van der Waals surface area contributed by atoms with Gasteiger partial charge in [-0.2, -0.15) is 0 Å². The monoisotopic (exact) mass is 380 g/mol. The maximum absolute atomic E-state index is 11.6. The molecule has 0 aromatic rings. The lowest BCUT2D eigenvalue weighted by Gasteiger charge is -2.06. The van der Waals surface area contributed by atoms with Gasteiger partial charge in [0.2, 0.25) is 5.91 Å². The van der Waals surface area contributed by atoms with E-state index < -0.39 is 0 Å². The predicted octanol–water partition coefficient (Wildman–Crippen LogP) is 6.65. The number of unbranched alkanes of at least 4 members (excludes halogenated alkanes) is 12. The zero-order valence-corrected chi connectivity index (χ0v) is 18.0. The summed E-state index contributed by atoms with van der Waals surface area (Å²) in [4.78, 5) is 23.1. The molecule has 0 aliphatic heterocycles. The summed E-state index contributed by atoms with van der Waals surface area (Å²) in [5.74, 6) is -0.165. The summed E-state index contributed by atoms with van der Waals surface area (Å²) in [6.45, 7) is 4.95. The first kappa shape index (κ1) is 25.7. The number of amides is 3. The van der Waals surface area contributed by atoms with Crippen LogP contribution >= 0.6 is 0 Å². The molecule has 0 aromatic carbocycles. The summed E-state index contributed by atoms with van der Waals surface area (Å²) < 4.78 is 0. The Morgan fingerprint density at radius 1 is 0.667 bits per heavy atom. The van der Waals surface area contributed by atoms with Gasteiger partial charge in [-0.25, -0.2) is 4.79 Å². The van der Waals surface area contributed by atoms with Crippen LogP contribution in [-0.4, -0.2) is 18.5 Å². The van der Waals surface area contributed by atoms with E-state index in [1.165, 1.54) is 70.6 Å². The van der Waals surface area contributed by atoms with Crippen molar-refractivity contribution in [2.45, 2.75) is 117 Å². The van der Waals surface area contributed by atoms with Gasteiger partial charge in [0, 0.05) is 13.0 Å². The van der Waals surface area contributed by atoms with E-state index >= 15 is 0 Å². The quantitative estimate of drug-likeness (QED) is 0.206. The Labute approximate surface area is 168 Å². The molecule has 0 heterocycles. The van der Waals surface area contributed by atoms with E-state index in [0.717, 1.165) is 25.7 Å². The zero-order chi connectivity index (χ0) is 20.0. The minimum atomic E-state index is -0.360. The van der Waals surface area contributed by atoms with Crippen LogP contribution in [0.1, 0.15) is 117 Å². The van der Waals surface area contributed by atoms with E-state index in [4.69, 9.17) is 0 Å². The highest BCUT2D eigenvalue weighted by molar-refractivity contribution is 5.94. The molecule has 0 rings (SSSR count). The average Bonchev–Trinajstić information content (AvgIpc) is 2.65. The van der Waals surface area contributed by atoms with Crippen molar-refractivity contribution in [1.82, 2.24) is 10.6 Å². The lowest BCUT2D eigenvalue weighted by atomic mass is 10.1. The number of imide groups is 1. The van der Waals surface area contributed by atoms with E-state index in [9.17, 15) is 9.59 Å². The number of carbonyl (C=O) groups excluding carboxylic acids is 2. The van der Waals surface area contributed by atoms with Gasteiger partial charge in [-0.3, -0.25) is 10.1 Å². The number of rotatable bonds is 18. The molecule has 0 radical (unpaired) electrons. The van der Waals surface area contributed by atoms with Crippen molar-refractivity contribution < 1.29 is 9.59 Å². The van der Waals surface area contributed by atoms with Crippen molar-refractivity contribution in [3.63, 3.8) is 0 Å². The zero-order valence-electron chi connectivity index (χ0n) is 18.0. The number of carbonyl (C=O) groups is 2. The minimum absolute atomic E-state index is 0.165. The van der Waals surface area contributed by atoms with Crippen LogP contribution in [0.5, 0.6) is 0 Å². The second-order valence-corrected chi connectivity index (χ2v) is 7.49. The summed E-state index contributed by atoms with van der Waals surface area (Å²) >= 11 is 0. The summed E-state index contributed by atoms with van der Waals surface area (Å²) in [5.41, 5.74) is 0. The van der Waals surface area contributed by atoms with Crippen molar-refractivity contribution in [2.75, 3.05) is 6.54 Å². The minimum Gasteiger partial charge on any atom is -0.338 e. The van der Waals surface area contributed by atoms with Gasteiger partial charge >= 0.3 is 6.03 Å². The third-order valence-electron chi connectivity index (χ3n) is 4.73. The molecule has 0 spiro atoms. The Kier molecular flexibility index (Phi) is 20.0. The maximum Gasteiger partial charge on any atom is 0.321 e. The molecular formula is C23H44N2O2. The van der Waals surface area contributed by atoms with Crippen LogP contribution in [0.25, 0.3) is 0 Å². The molecular weight excluding hydrogens is 336 g/mol. The largest absolute Gasteiger partial charge is 0.338 e. The Hall–Kier alpha value is -1.32. The number of nitrogens with one attached hydrogen (secondary N) is 2. The second-order valence-electron chi connectivity index (χ2n) is 7.49. The Morgan fingerprint density at radius 2 is 1.19 bits per heavy atom. The van der Waals surface area contributed by atoms with E-state index in [1.54, 1.807) is 0 Å². The summed E-state index contributed by atoms with van der Waals surface area (Å²) in [6, 6.07) is -0.360. The normalized spacial score (nSPS) is 11.0. The fourth-order valence-corrected chi connectivity index (χ4v) is 2.97. The van der Waals surface area contributed by atoms with Crippen LogP contribution < -0.4 is 10.6 Å². The third kappa shape index (κ3) is 20.8. The van der Waals surface area contributed by atoms with E-state index in [1.807, 2.05) is 0 Å². The summed E-state index contributed by atoms with van der Waals surface area (Å²) in [6.07, 6.45) is 23.2. The molecule has 3 amide bonds. The van der Waals surface area contributed by atoms with Gasteiger partial charge in [0.1, 0.15) is 0 Å². The topological polar surface area (TPSA) is 58.2 Å². The highest BCUT2D eigenvalue weighted by Crippen LogP contribution is 2.09. The molecule has 4 heteroatoms. The lowest BCUT2D eigenvalue weighted by Crippen LogP contribution is -2.39. The SMILES string of the molecule is CCCCCCCCC=CCCCCCCCC(=O)NC(=O)NCCCC. The molecule has 0 saturated carbocycles. The first-order valence-electron chi connectivity index (χ1n) is 11.4. The molecule has 27 heavy (non-hydrogen) atoms. The molecule has 2 N–H and O–H groups in total. The second kappa shape index (κ2) is 21.0. The first-order chi connectivity index (χ1) is 13.2. The van der Waals surface area contributed by atoms with Crippen LogP contribution in [0.2, 0.25) is 0 Å². The molecule has 0 saturated heterocycles. The van der Waals surface area contributed by atoms with Gasteiger partial charge in [-0.1, -0.05) is 83.8 Å². The van der Waals surface area contributed by atoms with Crippen LogP contribution in [0.3, 0.4) is 0 Å². The van der Waals surface area contributed by atoms with Crippen LogP contribution in [0.15, 0.2) is 12.2 Å². The van der Waals surface area contributed by atoms with Crippen molar-refractivity contribution >= 4 is 11.9 Å². The fraction of sp³-hybridized carbons (Fsp3) is 0.826. The highest BCUT2D eigenvalue weighted by Gasteiger charge is 2.06. The molecule has 158 valence electrons. The maximum atomic E-state index is 11.6. The van der Waals surface area contributed by atoms with Crippen molar-refractivity contribution in [2.24, 2.45) is 0 Å². The van der Waals surface area contributed by atoms with Gasteiger partial charge in [0.05, 0.1) is 0 Å². The smallest absolute Gasteiger partial charge is 0.321 e. The van der Waals surface area contributed by atoms with E-state index in [-0.39, 0.29) is 11.9 Å². The summed E-state index contributed by atoms with van der Waals surface area (Å²) in [5, 5.41) is 5.08. The Morgan fingerprint density at radius 3 is 1.78 bits per heavy atom. The van der Waals surface area contributed by atoms with Gasteiger partial charge in [-0.05, 0) is 38.5 Å². The van der Waals surface area contributed by atoms with Crippen LogP contribution in [0, 0.1) is 0 Å². The molecule has 0 aliphatic rings. The molecule has 0 fully saturated rings. The van der Waals surface area contributed by atoms with Crippen molar-refractivity contribution in [3.8, 4) is 0 Å². The molecule has 0 unspecified atom stereocenters. The van der Waals surface area contributed by atoms with Crippen LogP contribution in [-0.2, 0) is 4.79 Å². The third-order valence-corrected chi connectivity index (χ3v) is 4.73. The molecule has 0 aliphatic carbocycles. The standard InChI is InChI=1S/C23H44N2O2/c1-3-5-7-8-9-10-11-12-13-14-15-16-17-18-19-20-22(26)25-23(27)24-21-6-4-2/h12-13H,3-11,14-21H2,1-2H3,(H2,24,25,26,27). The van der Waals surface area contributed by atoms with Crippen LogP contribution in [0.4, 0.5) is 4.79 Å². The first-order valence-corrected chi connectivity index (χ1v) is 11.4. The molecule has 0 atom stereocenters. The highest BCUT2D eigenvalue weighted by atomic mass is 16.2. The van der Waals surface area contributed by atoms with Gasteiger partial charge in [0.25, 0.3) is 0 Å². The number of allylic oxidation sites excluding steroid dienone is 2. The van der Waals surface area contributed by atoms with Gasteiger partial charge < -0.3 is 5.32 Å². The molecule has 0 bridgehead atoms. The molecule has 0 aromatic heterocycles.